The topological polar surface area (TPSA) is 46.2 Å². The molecule has 0 aliphatic carbocycles. The van der Waals surface area contributed by atoms with Crippen LogP contribution in [0.1, 0.15) is 20.8 Å². The average molecular weight is 309 g/mol. The van der Waals surface area contributed by atoms with Crippen LogP contribution in [0.5, 0.6) is 0 Å². The number of amides is 1. The molecule has 0 unspecified atom stereocenters. The third-order valence-corrected chi connectivity index (χ3v) is 4.54. The first-order chi connectivity index (χ1) is 10.6. The van der Waals surface area contributed by atoms with Crippen LogP contribution in [-0.4, -0.2) is 5.91 Å². The van der Waals surface area contributed by atoms with Gasteiger partial charge in [-0.15, -0.1) is 0 Å². The standard InChI is InChI=1S/C18H15NO2S/c1-11-6-5-7-12(2)16(11)19-17(20)15-10-13-8-3-4-9-14(13)18(21)22-15/h3-10H,1-2H3,(H,19,20). The van der Waals surface area contributed by atoms with E-state index in [-0.39, 0.29) is 10.6 Å². The molecule has 22 heavy (non-hydrogen) atoms. The monoisotopic (exact) mass is 309 g/mol. The Morgan fingerprint density at radius 2 is 1.68 bits per heavy atom. The predicted octanol–water partition coefficient (Wildman–Crippen LogP) is 4.13. The fourth-order valence-corrected chi connectivity index (χ4v) is 3.26. The third kappa shape index (κ3) is 2.65. The molecule has 0 bridgehead atoms. The van der Waals surface area contributed by atoms with Gasteiger partial charge in [-0.2, -0.15) is 0 Å². The van der Waals surface area contributed by atoms with Crippen molar-refractivity contribution in [1.29, 1.82) is 0 Å². The van der Waals surface area contributed by atoms with Crippen LogP contribution in [0.4, 0.5) is 5.69 Å². The molecule has 0 spiro atoms. The lowest BCUT2D eigenvalue weighted by Gasteiger charge is -2.11. The van der Waals surface area contributed by atoms with E-state index >= 15 is 0 Å². The number of carbonyl (C=O) groups excluding carboxylic acids is 1. The molecule has 2 aromatic carbocycles. The van der Waals surface area contributed by atoms with Crippen LogP contribution in [0.2, 0.25) is 0 Å². The fourth-order valence-electron chi connectivity index (χ4n) is 2.43. The van der Waals surface area contributed by atoms with E-state index in [4.69, 9.17) is 0 Å². The number of hydrogen-bond donors (Lipinski definition) is 1. The number of nitrogens with one attached hydrogen (secondary N) is 1. The summed E-state index contributed by atoms with van der Waals surface area (Å²) in [4.78, 5) is 25.0. The highest BCUT2D eigenvalue weighted by Crippen LogP contribution is 2.22. The van der Waals surface area contributed by atoms with Crippen LogP contribution in [0, 0.1) is 13.8 Å². The van der Waals surface area contributed by atoms with Crippen LogP contribution in [-0.2, 0) is 0 Å². The van der Waals surface area contributed by atoms with Crippen molar-refractivity contribution in [2.45, 2.75) is 13.8 Å². The first kappa shape index (κ1) is 14.5. The van der Waals surface area contributed by atoms with E-state index in [1.165, 1.54) is 0 Å². The smallest absolute Gasteiger partial charge is 0.265 e. The molecule has 1 amide bonds. The summed E-state index contributed by atoms with van der Waals surface area (Å²) in [6.07, 6.45) is 0. The Hall–Kier alpha value is -2.46. The summed E-state index contributed by atoms with van der Waals surface area (Å²) in [6.45, 7) is 3.90. The lowest BCUT2D eigenvalue weighted by Crippen LogP contribution is -2.14. The molecule has 4 heteroatoms. The van der Waals surface area contributed by atoms with E-state index < -0.39 is 0 Å². The Bertz CT molecular complexity index is 908. The van der Waals surface area contributed by atoms with Crippen molar-refractivity contribution in [1.82, 2.24) is 0 Å². The van der Waals surface area contributed by atoms with Gasteiger partial charge in [-0.05, 0) is 42.5 Å². The Morgan fingerprint density at radius 3 is 2.41 bits per heavy atom. The molecule has 3 rings (SSSR count). The molecule has 0 aliphatic rings. The number of para-hydroxylation sites is 1. The number of carbonyl (C=O) groups is 1. The molecule has 0 aliphatic heterocycles. The number of fused-ring (bicyclic) bond motifs is 1. The van der Waals surface area contributed by atoms with Crippen LogP contribution in [0.15, 0.2) is 53.3 Å². The summed E-state index contributed by atoms with van der Waals surface area (Å²) >= 11 is 0.978. The van der Waals surface area contributed by atoms with E-state index in [2.05, 4.69) is 5.32 Å². The Balaban J connectivity index is 2.01. The maximum absolute atomic E-state index is 12.5. The molecule has 0 radical (unpaired) electrons. The van der Waals surface area contributed by atoms with Crippen molar-refractivity contribution < 1.29 is 4.79 Å². The second-order valence-corrected chi connectivity index (χ2v) is 6.22. The Morgan fingerprint density at radius 1 is 1.00 bits per heavy atom. The summed E-state index contributed by atoms with van der Waals surface area (Å²) in [5, 5.41) is 4.36. The molecular formula is C18H15NO2S. The van der Waals surface area contributed by atoms with Gasteiger partial charge >= 0.3 is 0 Å². The zero-order valence-electron chi connectivity index (χ0n) is 12.3. The second kappa shape index (κ2) is 5.73. The van der Waals surface area contributed by atoms with Crippen LogP contribution < -0.4 is 10.1 Å². The number of aryl methyl sites for hydroxylation is 2. The first-order valence-electron chi connectivity index (χ1n) is 6.97. The number of benzene rings is 2. The third-order valence-electron chi connectivity index (χ3n) is 3.61. The van der Waals surface area contributed by atoms with E-state index in [0.717, 1.165) is 33.5 Å². The van der Waals surface area contributed by atoms with Gasteiger partial charge in [0, 0.05) is 11.1 Å². The minimum absolute atomic E-state index is 0.0928. The van der Waals surface area contributed by atoms with Gasteiger partial charge in [0.15, 0.2) is 0 Å². The fraction of sp³-hybridized carbons (Fsp3) is 0.111. The minimum Gasteiger partial charge on any atom is -0.321 e. The number of anilines is 1. The van der Waals surface area contributed by atoms with Crippen LogP contribution in [0.3, 0.4) is 0 Å². The van der Waals surface area contributed by atoms with Crippen molar-refractivity contribution in [3.63, 3.8) is 0 Å². The van der Waals surface area contributed by atoms with Gasteiger partial charge in [0.05, 0.1) is 4.88 Å². The van der Waals surface area contributed by atoms with Gasteiger partial charge in [0.25, 0.3) is 5.91 Å². The molecule has 1 heterocycles. The molecule has 110 valence electrons. The van der Waals surface area contributed by atoms with Crippen molar-refractivity contribution in [2.75, 3.05) is 5.32 Å². The lowest BCUT2D eigenvalue weighted by atomic mass is 10.1. The highest BCUT2D eigenvalue weighted by molar-refractivity contribution is 7.12. The van der Waals surface area contributed by atoms with Gasteiger partial charge in [-0.25, -0.2) is 0 Å². The van der Waals surface area contributed by atoms with Crippen molar-refractivity contribution in [2.24, 2.45) is 0 Å². The number of hydrogen-bond acceptors (Lipinski definition) is 3. The molecule has 0 saturated carbocycles. The molecule has 0 atom stereocenters. The van der Waals surface area contributed by atoms with Crippen molar-refractivity contribution in [3.05, 3.63) is 74.1 Å². The molecule has 3 nitrogen and oxygen atoms in total. The SMILES string of the molecule is Cc1cccc(C)c1NC(=O)c1cc2ccccc2c(=O)s1. The van der Waals surface area contributed by atoms with Crippen molar-refractivity contribution in [3.8, 4) is 0 Å². The van der Waals surface area contributed by atoms with Gasteiger partial charge < -0.3 is 5.32 Å². The maximum atomic E-state index is 12.5. The summed E-state index contributed by atoms with van der Waals surface area (Å²) in [5.74, 6) is -0.245. The van der Waals surface area contributed by atoms with E-state index in [9.17, 15) is 9.59 Å². The second-order valence-electron chi connectivity index (χ2n) is 5.21. The highest BCUT2D eigenvalue weighted by atomic mass is 32.1. The van der Waals surface area contributed by atoms with E-state index in [0.29, 0.717) is 10.3 Å². The van der Waals surface area contributed by atoms with Gasteiger partial charge in [-0.3, -0.25) is 9.59 Å². The zero-order chi connectivity index (χ0) is 15.7. The summed E-state index contributed by atoms with van der Waals surface area (Å²) in [5.41, 5.74) is 2.81. The van der Waals surface area contributed by atoms with E-state index in [1.54, 1.807) is 12.1 Å². The Labute approximate surface area is 132 Å². The van der Waals surface area contributed by atoms with Gasteiger partial charge in [-0.1, -0.05) is 47.7 Å². The highest BCUT2D eigenvalue weighted by Gasteiger charge is 2.12. The zero-order valence-corrected chi connectivity index (χ0v) is 13.2. The summed E-state index contributed by atoms with van der Waals surface area (Å²) in [6, 6.07) is 14.9. The normalized spacial score (nSPS) is 10.6. The molecule has 1 N–H and O–H groups in total. The largest absolute Gasteiger partial charge is 0.321 e. The van der Waals surface area contributed by atoms with E-state index in [1.807, 2.05) is 50.2 Å². The summed E-state index contributed by atoms with van der Waals surface area (Å²) < 4.78 is -0.0928. The molecular weight excluding hydrogens is 294 g/mol. The lowest BCUT2D eigenvalue weighted by molar-refractivity contribution is 0.103. The predicted molar refractivity (Wildman–Crippen MR) is 92.0 cm³/mol. The Kier molecular flexibility index (Phi) is 3.77. The maximum Gasteiger partial charge on any atom is 0.265 e. The number of rotatable bonds is 2. The molecule has 3 aromatic rings. The van der Waals surface area contributed by atoms with Crippen LogP contribution in [0.25, 0.3) is 10.8 Å². The van der Waals surface area contributed by atoms with Crippen molar-refractivity contribution >= 4 is 33.7 Å². The molecule has 0 fully saturated rings. The molecule has 0 saturated heterocycles. The minimum atomic E-state index is -0.245. The van der Waals surface area contributed by atoms with Gasteiger partial charge in [0.2, 0.25) is 4.74 Å². The first-order valence-corrected chi connectivity index (χ1v) is 7.78. The van der Waals surface area contributed by atoms with Gasteiger partial charge in [0.1, 0.15) is 0 Å². The quantitative estimate of drug-likeness (QED) is 0.773. The summed E-state index contributed by atoms with van der Waals surface area (Å²) in [7, 11) is 0. The average Bonchev–Trinajstić information content (AvgIpc) is 2.51. The molecule has 1 aromatic heterocycles. The van der Waals surface area contributed by atoms with Crippen LogP contribution >= 0.6 is 11.3 Å².